The van der Waals surface area contributed by atoms with Crippen molar-refractivity contribution in [1.82, 2.24) is 0 Å². The fraction of sp³-hybridized carbons (Fsp3) is 0.417. The smallest absolute Gasteiger partial charge is 0.103 e. The molecule has 0 aromatic heterocycles. The van der Waals surface area contributed by atoms with Crippen LogP contribution in [0.25, 0.3) is 0 Å². The Morgan fingerprint density at radius 1 is 1.31 bits per heavy atom. The molecular weight excluding hydrogens is 268 g/mol. The number of hydrogen-bond donors (Lipinski definition) is 0. The van der Waals surface area contributed by atoms with Gasteiger partial charge in [-0.15, -0.1) is 0 Å². The van der Waals surface area contributed by atoms with Gasteiger partial charge in [-0.25, -0.2) is 0 Å². The van der Waals surface area contributed by atoms with Crippen LogP contribution in [0.1, 0.15) is 12.0 Å². The first kappa shape index (κ1) is 11.4. The second-order valence-electron chi connectivity index (χ2n) is 3.70. The number of benzene rings is 1. The second kappa shape index (κ2) is 5.33. The highest BCUT2D eigenvalue weighted by molar-refractivity contribution is 9.10. The first-order chi connectivity index (χ1) is 7.83. The first-order valence-corrected chi connectivity index (χ1v) is 6.13. The molecule has 1 aromatic carbocycles. The summed E-state index contributed by atoms with van der Waals surface area (Å²) in [5.41, 5.74) is 1.71. The number of nitriles is 1. The van der Waals surface area contributed by atoms with E-state index in [0.717, 1.165) is 42.9 Å². The Labute approximate surface area is 104 Å². The molecule has 1 aliphatic rings. The molecule has 84 valence electrons. The van der Waals surface area contributed by atoms with Crippen molar-refractivity contribution in [1.29, 1.82) is 5.26 Å². The molecule has 4 heteroatoms. The molecule has 1 saturated heterocycles. The van der Waals surface area contributed by atoms with E-state index in [-0.39, 0.29) is 0 Å². The zero-order chi connectivity index (χ0) is 11.4. The van der Waals surface area contributed by atoms with Crippen LogP contribution in [0, 0.1) is 11.3 Å². The lowest BCUT2D eigenvalue weighted by molar-refractivity contribution is 0.152. The van der Waals surface area contributed by atoms with Gasteiger partial charge in [0.25, 0.3) is 0 Å². The van der Waals surface area contributed by atoms with E-state index in [4.69, 9.17) is 10.00 Å². The molecule has 1 aromatic rings. The van der Waals surface area contributed by atoms with Crippen molar-refractivity contribution in [2.75, 3.05) is 31.2 Å². The third-order valence-corrected chi connectivity index (χ3v) is 3.33. The average Bonchev–Trinajstić information content (AvgIpc) is 2.57. The molecule has 2 rings (SSSR count). The second-order valence-corrected chi connectivity index (χ2v) is 4.55. The number of halogens is 1. The highest BCUT2D eigenvalue weighted by Crippen LogP contribution is 2.27. The minimum absolute atomic E-state index is 0.712. The molecular formula is C12H13BrN2O. The minimum Gasteiger partial charge on any atom is -0.380 e. The quantitative estimate of drug-likeness (QED) is 0.793. The molecule has 0 N–H and O–H groups in total. The van der Waals surface area contributed by atoms with Crippen LogP contribution < -0.4 is 4.90 Å². The number of nitrogens with zero attached hydrogens (tertiary/aromatic N) is 2. The van der Waals surface area contributed by atoms with Crippen LogP contribution >= 0.6 is 15.9 Å². The van der Waals surface area contributed by atoms with Crippen LogP contribution in [0.5, 0.6) is 0 Å². The summed E-state index contributed by atoms with van der Waals surface area (Å²) in [6.45, 7) is 3.35. The summed E-state index contributed by atoms with van der Waals surface area (Å²) in [7, 11) is 0. The maximum atomic E-state index is 9.16. The van der Waals surface area contributed by atoms with Gasteiger partial charge in [0.1, 0.15) is 6.07 Å². The van der Waals surface area contributed by atoms with Crippen molar-refractivity contribution in [2.45, 2.75) is 6.42 Å². The van der Waals surface area contributed by atoms with Crippen LogP contribution in [-0.2, 0) is 4.74 Å². The van der Waals surface area contributed by atoms with Crippen molar-refractivity contribution in [3.8, 4) is 6.07 Å². The van der Waals surface area contributed by atoms with E-state index in [0.29, 0.717) is 5.56 Å². The Morgan fingerprint density at radius 3 is 3.00 bits per heavy atom. The maximum absolute atomic E-state index is 9.16. The van der Waals surface area contributed by atoms with Crippen molar-refractivity contribution in [3.63, 3.8) is 0 Å². The summed E-state index contributed by atoms with van der Waals surface area (Å²) in [6.07, 6.45) is 1.01. The molecule has 0 bridgehead atoms. The van der Waals surface area contributed by atoms with Crippen LogP contribution in [0.4, 0.5) is 5.69 Å². The molecule has 1 heterocycles. The van der Waals surface area contributed by atoms with Crippen molar-refractivity contribution >= 4 is 21.6 Å². The Kier molecular flexibility index (Phi) is 3.81. The summed E-state index contributed by atoms with van der Waals surface area (Å²) in [5.74, 6) is 0. The lowest BCUT2D eigenvalue weighted by Crippen LogP contribution is -2.26. The van der Waals surface area contributed by atoms with E-state index < -0.39 is 0 Å². The zero-order valence-electron chi connectivity index (χ0n) is 8.95. The van der Waals surface area contributed by atoms with Gasteiger partial charge >= 0.3 is 0 Å². The van der Waals surface area contributed by atoms with Gasteiger partial charge in [0.2, 0.25) is 0 Å². The molecule has 0 amide bonds. The normalized spacial score (nSPS) is 16.6. The predicted octanol–water partition coefficient (Wildman–Crippen LogP) is 2.55. The summed E-state index contributed by atoms with van der Waals surface area (Å²) in [6, 6.07) is 8.11. The largest absolute Gasteiger partial charge is 0.380 e. The van der Waals surface area contributed by atoms with E-state index in [1.165, 1.54) is 0 Å². The van der Waals surface area contributed by atoms with E-state index in [2.05, 4.69) is 26.9 Å². The highest BCUT2D eigenvalue weighted by atomic mass is 79.9. The third-order valence-electron chi connectivity index (χ3n) is 2.67. The minimum atomic E-state index is 0.712. The lowest BCUT2D eigenvalue weighted by Gasteiger charge is -2.23. The lowest BCUT2D eigenvalue weighted by atomic mass is 10.1. The van der Waals surface area contributed by atoms with Crippen molar-refractivity contribution in [3.05, 3.63) is 28.2 Å². The third kappa shape index (κ3) is 2.37. The van der Waals surface area contributed by atoms with E-state index in [1.54, 1.807) is 0 Å². The van der Waals surface area contributed by atoms with Gasteiger partial charge in [-0.2, -0.15) is 5.26 Å². The number of hydrogen-bond acceptors (Lipinski definition) is 3. The number of ether oxygens (including phenoxy) is 1. The van der Waals surface area contributed by atoms with Gasteiger partial charge in [-0.05, 0) is 34.5 Å². The fourth-order valence-electron chi connectivity index (χ4n) is 1.87. The number of rotatable bonds is 1. The Balaban J connectivity index is 2.31. The predicted molar refractivity (Wildman–Crippen MR) is 66.5 cm³/mol. The molecule has 16 heavy (non-hydrogen) atoms. The molecule has 0 atom stereocenters. The summed E-state index contributed by atoms with van der Waals surface area (Å²) in [4.78, 5) is 2.22. The van der Waals surface area contributed by atoms with Gasteiger partial charge in [0, 0.05) is 24.2 Å². The molecule has 0 unspecified atom stereocenters. The van der Waals surface area contributed by atoms with Gasteiger partial charge in [-0.1, -0.05) is 6.07 Å². The molecule has 3 nitrogen and oxygen atoms in total. The van der Waals surface area contributed by atoms with Crippen LogP contribution in [0.3, 0.4) is 0 Å². The van der Waals surface area contributed by atoms with Crippen LogP contribution in [0.15, 0.2) is 22.7 Å². The summed E-state index contributed by atoms with van der Waals surface area (Å²) in [5, 5.41) is 9.16. The molecule has 1 fully saturated rings. The summed E-state index contributed by atoms with van der Waals surface area (Å²) < 4.78 is 6.27. The molecule has 0 saturated carbocycles. The van der Waals surface area contributed by atoms with Crippen LogP contribution in [0.2, 0.25) is 0 Å². The SMILES string of the molecule is N#Cc1c(Br)cccc1N1CCCOCC1. The number of anilines is 1. The van der Waals surface area contributed by atoms with Gasteiger partial charge in [-0.3, -0.25) is 0 Å². The molecule has 1 aliphatic heterocycles. The Bertz CT molecular complexity index is 406. The summed E-state index contributed by atoms with van der Waals surface area (Å²) >= 11 is 3.41. The Morgan fingerprint density at radius 2 is 2.19 bits per heavy atom. The van der Waals surface area contributed by atoms with Gasteiger partial charge < -0.3 is 9.64 Å². The standard InChI is InChI=1S/C12H13BrN2O/c13-11-3-1-4-12(10(11)9-14)15-5-2-7-16-8-6-15/h1,3-4H,2,5-8H2. The van der Waals surface area contributed by atoms with Gasteiger partial charge in [0.05, 0.1) is 17.9 Å². The molecule has 0 spiro atoms. The van der Waals surface area contributed by atoms with Gasteiger partial charge in [0.15, 0.2) is 0 Å². The monoisotopic (exact) mass is 280 g/mol. The van der Waals surface area contributed by atoms with E-state index in [9.17, 15) is 0 Å². The first-order valence-electron chi connectivity index (χ1n) is 5.34. The van der Waals surface area contributed by atoms with Crippen molar-refractivity contribution < 1.29 is 4.74 Å². The fourth-order valence-corrected chi connectivity index (χ4v) is 2.32. The van der Waals surface area contributed by atoms with E-state index >= 15 is 0 Å². The maximum Gasteiger partial charge on any atom is 0.103 e. The highest BCUT2D eigenvalue weighted by Gasteiger charge is 2.15. The van der Waals surface area contributed by atoms with E-state index in [1.807, 2.05) is 18.2 Å². The Hall–Kier alpha value is -1.05. The topological polar surface area (TPSA) is 36.3 Å². The zero-order valence-corrected chi connectivity index (χ0v) is 10.5. The van der Waals surface area contributed by atoms with Crippen molar-refractivity contribution in [2.24, 2.45) is 0 Å². The average molecular weight is 281 g/mol. The molecule has 0 aliphatic carbocycles. The molecule has 0 radical (unpaired) electrons. The van der Waals surface area contributed by atoms with Crippen LogP contribution in [-0.4, -0.2) is 26.3 Å².